The van der Waals surface area contributed by atoms with Crippen molar-refractivity contribution >= 4 is 29.7 Å². The van der Waals surface area contributed by atoms with E-state index in [-0.39, 0.29) is 18.3 Å². The molecule has 2 aliphatic heterocycles. The molecule has 7 heteroatoms. The van der Waals surface area contributed by atoms with Crippen LogP contribution in [-0.4, -0.2) is 50.7 Å². The predicted molar refractivity (Wildman–Crippen MR) is 106 cm³/mol. The number of hydrogen-bond acceptors (Lipinski definition) is 5. The molecule has 0 bridgehead atoms. The van der Waals surface area contributed by atoms with Crippen molar-refractivity contribution in [2.24, 2.45) is 5.92 Å². The first-order chi connectivity index (χ1) is 12.2. The summed E-state index contributed by atoms with van der Waals surface area (Å²) in [5, 5.41) is 3.20. The van der Waals surface area contributed by atoms with E-state index in [0.29, 0.717) is 19.1 Å². The lowest BCUT2D eigenvalue weighted by Gasteiger charge is -2.18. The van der Waals surface area contributed by atoms with Gasteiger partial charge in [-0.25, -0.2) is 0 Å². The van der Waals surface area contributed by atoms with E-state index >= 15 is 0 Å². The smallest absolute Gasteiger partial charge is 0.263 e. The highest BCUT2D eigenvalue weighted by molar-refractivity contribution is 7.17. The van der Waals surface area contributed by atoms with Crippen LogP contribution in [0.25, 0.3) is 10.4 Å². The summed E-state index contributed by atoms with van der Waals surface area (Å²) < 4.78 is 11.2. The van der Waals surface area contributed by atoms with Gasteiger partial charge >= 0.3 is 0 Å². The van der Waals surface area contributed by atoms with Crippen LogP contribution in [-0.2, 0) is 0 Å². The van der Waals surface area contributed by atoms with E-state index < -0.39 is 0 Å². The van der Waals surface area contributed by atoms with E-state index in [1.807, 2.05) is 42.3 Å². The summed E-state index contributed by atoms with van der Waals surface area (Å²) in [6.07, 6.45) is 1.08. The maximum absolute atomic E-state index is 12.7. The Kier molecular flexibility index (Phi) is 6.06. The molecule has 2 aromatic rings. The van der Waals surface area contributed by atoms with E-state index in [0.717, 1.165) is 52.9 Å². The number of nitrogens with zero attached hydrogens (tertiary/aromatic N) is 1. The second-order valence-corrected chi connectivity index (χ2v) is 7.57. The summed E-state index contributed by atoms with van der Waals surface area (Å²) in [4.78, 5) is 16.6. The van der Waals surface area contributed by atoms with E-state index in [4.69, 9.17) is 9.47 Å². The fraction of sp³-hybridized carbons (Fsp3) is 0.421. The minimum Gasteiger partial charge on any atom is -0.486 e. The second-order valence-electron chi connectivity index (χ2n) is 6.49. The zero-order valence-electron chi connectivity index (χ0n) is 14.7. The van der Waals surface area contributed by atoms with Crippen molar-refractivity contribution in [3.8, 4) is 21.9 Å². The summed E-state index contributed by atoms with van der Waals surface area (Å²) in [6, 6.07) is 9.91. The zero-order valence-corrected chi connectivity index (χ0v) is 16.3. The number of halogens is 1. The van der Waals surface area contributed by atoms with Crippen molar-refractivity contribution in [1.82, 2.24) is 10.2 Å². The van der Waals surface area contributed by atoms with Gasteiger partial charge in [-0.2, -0.15) is 0 Å². The monoisotopic (exact) mass is 394 g/mol. The van der Waals surface area contributed by atoms with E-state index in [1.54, 1.807) is 11.3 Å². The molecule has 3 heterocycles. The highest BCUT2D eigenvalue weighted by Crippen LogP contribution is 2.37. The molecule has 1 saturated heterocycles. The highest BCUT2D eigenvalue weighted by atomic mass is 35.5. The summed E-state index contributed by atoms with van der Waals surface area (Å²) in [5.74, 6) is 2.27. The first-order valence-electron chi connectivity index (χ1n) is 8.68. The molecule has 1 unspecified atom stereocenters. The number of carbonyl (C=O) groups is 1. The van der Waals surface area contributed by atoms with Gasteiger partial charge in [0.2, 0.25) is 0 Å². The Hall–Kier alpha value is -1.76. The molecule has 140 valence electrons. The molecule has 1 aromatic carbocycles. The number of ether oxygens (including phenoxy) is 2. The molecular formula is C19H23ClN2O3S. The number of benzene rings is 1. The fourth-order valence-corrected chi connectivity index (χ4v) is 4.40. The molecule has 0 aliphatic carbocycles. The number of hydrogen-bond donors (Lipinski definition) is 1. The molecule has 0 saturated carbocycles. The van der Waals surface area contributed by atoms with Gasteiger partial charge in [0.15, 0.2) is 11.5 Å². The van der Waals surface area contributed by atoms with Crippen LogP contribution in [0.2, 0.25) is 0 Å². The van der Waals surface area contributed by atoms with Crippen LogP contribution in [0.5, 0.6) is 11.5 Å². The number of amides is 1. The molecule has 26 heavy (non-hydrogen) atoms. The number of thiophene rings is 1. The fourth-order valence-electron chi connectivity index (χ4n) is 3.43. The molecule has 1 fully saturated rings. The standard InChI is InChI=1S/C19H22N2O3S.ClH/c1-20-11-13-6-7-21(12-13)19(22)18-5-4-17(25-18)14-2-3-15-16(10-14)24-9-8-23-15;/h2-5,10,13,20H,6-9,11-12H2,1H3;1H. The third-order valence-corrected chi connectivity index (χ3v) is 5.83. The molecule has 1 amide bonds. The van der Waals surface area contributed by atoms with Gasteiger partial charge in [0.25, 0.3) is 5.91 Å². The molecule has 5 nitrogen and oxygen atoms in total. The van der Waals surface area contributed by atoms with Gasteiger partial charge in [-0.05, 0) is 61.8 Å². The molecule has 0 radical (unpaired) electrons. The lowest BCUT2D eigenvalue weighted by atomic mass is 10.1. The van der Waals surface area contributed by atoms with Gasteiger partial charge in [-0.15, -0.1) is 23.7 Å². The predicted octanol–water partition coefficient (Wildman–Crippen LogP) is 3.29. The Labute approximate surface area is 163 Å². The lowest BCUT2D eigenvalue weighted by molar-refractivity contribution is 0.0792. The number of rotatable bonds is 4. The summed E-state index contributed by atoms with van der Waals surface area (Å²) in [6.45, 7) is 3.83. The average Bonchev–Trinajstić information content (AvgIpc) is 3.31. The minimum absolute atomic E-state index is 0. The van der Waals surface area contributed by atoms with Gasteiger partial charge in [-0.3, -0.25) is 4.79 Å². The van der Waals surface area contributed by atoms with Crippen molar-refractivity contribution in [3.63, 3.8) is 0 Å². The molecule has 4 rings (SSSR count). The number of nitrogens with one attached hydrogen (secondary N) is 1. The van der Waals surface area contributed by atoms with E-state index in [2.05, 4.69) is 5.32 Å². The van der Waals surface area contributed by atoms with E-state index in [1.165, 1.54) is 0 Å². The highest BCUT2D eigenvalue weighted by Gasteiger charge is 2.27. The van der Waals surface area contributed by atoms with Gasteiger partial charge < -0.3 is 19.7 Å². The van der Waals surface area contributed by atoms with Crippen LogP contribution >= 0.6 is 23.7 Å². The van der Waals surface area contributed by atoms with Crippen molar-refractivity contribution in [2.45, 2.75) is 6.42 Å². The number of fused-ring (bicyclic) bond motifs is 1. The van der Waals surface area contributed by atoms with Gasteiger partial charge in [-0.1, -0.05) is 0 Å². The Morgan fingerprint density at radius 1 is 1.23 bits per heavy atom. The van der Waals surface area contributed by atoms with Crippen molar-refractivity contribution in [3.05, 3.63) is 35.2 Å². The molecule has 1 N–H and O–H groups in total. The molecule has 2 aliphatic rings. The first-order valence-corrected chi connectivity index (χ1v) is 9.50. The summed E-state index contributed by atoms with van der Waals surface area (Å²) in [5.41, 5.74) is 1.06. The minimum atomic E-state index is 0. The largest absolute Gasteiger partial charge is 0.486 e. The van der Waals surface area contributed by atoms with Crippen LogP contribution in [0.15, 0.2) is 30.3 Å². The normalized spacial score (nSPS) is 18.5. The van der Waals surface area contributed by atoms with Crippen LogP contribution in [0.1, 0.15) is 16.1 Å². The topological polar surface area (TPSA) is 50.8 Å². The first kappa shape index (κ1) is 19.0. The summed E-state index contributed by atoms with van der Waals surface area (Å²) >= 11 is 1.54. The van der Waals surface area contributed by atoms with Gasteiger partial charge in [0, 0.05) is 18.0 Å². The van der Waals surface area contributed by atoms with E-state index in [9.17, 15) is 4.79 Å². The Bertz CT molecular complexity index is 780. The maximum Gasteiger partial charge on any atom is 0.263 e. The summed E-state index contributed by atoms with van der Waals surface area (Å²) in [7, 11) is 1.96. The molecule has 0 spiro atoms. The van der Waals surface area contributed by atoms with Crippen LogP contribution < -0.4 is 14.8 Å². The second kappa shape index (κ2) is 8.29. The molecule has 1 atom stereocenters. The van der Waals surface area contributed by atoms with Crippen LogP contribution in [0.3, 0.4) is 0 Å². The van der Waals surface area contributed by atoms with Gasteiger partial charge in [0.1, 0.15) is 13.2 Å². The Morgan fingerprint density at radius 2 is 2.04 bits per heavy atom. The lowest BCUT2D eigenvalue weighted by Crippen LogP contribution is -2.29. The van der Waals surface area contributed by atoms with Crippen molar-refractivity contribution in [1.29, 1.82) is 0 Å². The third kappa shape index (κ3) is 3.82. The Morgan fingerprint density at radius 3 is 2.85 bits per heavy atom. The van der Waals surface area contributed by atoms with Crippen molar-refractivity contribution < 1.29 is 14.3 Å². The third-order valence-electron chi connectivity index (χ3n) is 4.71. The maximum atomic E-state index is 12.7. The van der Waals surface area contributed by atoms with Crippen LogP contribution in [0.4, 0.5) is 0 Å². The molecular weight excluding hydrogens is 372 g/mol. The zero-order chi connectivity index (χ0) is 17.2. The SMILES string of the molecule is CNCC1CCN(C(=O)c2ccc(-c3ccc4c(c3)OCCO4)s2)C1.Cl. The molecule has 1 aromatic heterocycles. The average molecular weight is 395 g/mol. The Balaban J connectivity index is 0.00000196. The number of carbonyl (C=O) groups excluding carboxylic acids is 1. The van der Waals surface area contributed by atoms with Gasteiger partial charge in [0.05, 0.1) is 4.88 Å². The van der Waals surface area contributed by atoms with Crippen LogP contribution in [0, 0.1) is 5.92 Å². The quantitative estimate of drug-likeness (QED) is 0.864. The number of likely N-dealkylation sites (tertiary alicyclic amines) is 1. The van der Waals surface area contributed by atoms with Crippen molar-refractivity contribution in [2.75, 3.05) is 39.9 Å².